The second-order valence-corrected chi connectivity index (χ2v) is 7.07. The largest absolute Gasteiger partial charge is 0.506 e. The van der Waals surface area contributed by atoms with E-state index in [1.54, 1.807) is 11.0 Å². The Bertz CT molecular complexity index is 646. The molecule has 1 saturated heterocycles. The van der Waals surface area contributed by atoms with Gasteiger partial charge in [-0.1, -0.05) is 18.2 Å². The third-order valence-corrected chi connectivity index (χ3v) is 5.37. The Kier molecular flexibility index (Phi) is 6.73. The molecule has 1 heterocycles. The maximum absolute atomic E-state index is 12.3. The Morgan fingerprint density at radius 2 is 2.08 bits per heavy atom. The van der Waals surface area contributed by atoms with E-state index in [9.17, 15) is 14.7 Å². The minimum Gasteiger partial charge on any atom is -0.506 e. The van der Waals surface area contributed by atoms with Gasteiger partial charge in [0.15, 0.2) is 0 Å². The van der Waals surface area contributed by atoms with Crippen LogP contribution in [0.1, 0.15) is 12.8 Å². The summed E-state index contributed by atoms with van der Waals surface area (Å²) in [5.74, 6) is -0.221. The number of nitrogens with one attached hydrogen (secondary N) is 2. The number of aromatic hydroxyl groups is 1. The molecule has 0 spiro atoms. The summed E-state index contributed by atoms with van der Waals surface area (Å²) in [6.07, 6.45) is 2.69. The lowest BCUT2D eigenvalue weighted by Gasteiger charge is -2.32. The number of carbonyl (C=O) groups is 2. The van der Waals surface area contributed by atoms with Crippen LogP contribution in [0.15, 0.2) is 24.8 Å². The number of rotatable bonds is 5. The molecule has 1 aliphatic heterocycles. The topological polar surface area (TPSA) is 81.7 Å². The number of hydrogen-bond donors (Lipinski definition) is 3. The van der Waals surface area contributed by atoms with Gasteiger partial charge < -0.3 is 20.6 Å². The predicted molar refractivity (Wildman–Crippen MR) is 102 cm³/mol. The number of amides is 2. The van der Waals surface area contributed by atoms with E-state index in [2.05, 4.69) is 39.8 Å². The maximum atomic E-state index is 12.3. The van der Waals surface area contributed by atoms with Crippen molar-refractivity contribution >= 4 is 51.7 Å². The number of nitrogens with zero attached hydrogens (tertiary/aromatic N) is 1. The van der Waals surface area contributed by atoms with Gasteiger partial charge >= 0.3 is 0 Å². The second-order valence-electron chi connectivity index (χ2n) is 5.50. The molecule has 2 rings (SSSR count). The number of anilines is 1. The van der Waals surface area contributed by atoms with E-state index < -0.39 is 0 Å². The van der Waals surface area contributed by atoms with Crippen LogP contribution in [0.2, 0.25) is 5.02 Å². The Labute approximate surface area is 159 Å². The van der Waals surface area contributed by atoms with Crippen LogP contribution in [-0.4, -0.2) is 47.5 Å². The molecule has 24 heavy (non-hydrogen) atoms. The van der Waals surface area contributed by atoms with Crippen LogP contribution in [-0.2, 0) is 9.59 Å². The third kappa shape index (κ3) is 5.01. The van der Waals surface area contributed by atoms with Crippen molar-refractivity contribution in [1.82, 2.24) is 10.2 Å². The molecule has 130 valence electrons. The van der Waals surface area contributed by atoms with Crippen molar-refractivity contribution < 1.29 is 14.7 Å². The fraction of sp³-hybridized carbons (Fsp3) is 0.375. The van der Waals surface area contributed by atoms with Crippen molar-refractivity contribution in [3.05, 3.63) is 33.4 Å². The zero-order valence-electron chi connectivity index (χ0n) is 13.0. The Balaban J connectivity index is 1.83. The molecule has 0 radical (unpaired) electrons. The predicted octanol–water partition coefficient (Wildman–Crippen LogP) is 2.36. The summed E-state index contributed by atoms with van der Waals surface area (Å²) in [7, 11) is 0. The molecule has 2 amide bonds. The van der Waals surface area contributed by atoms with E-state index in [0.717, 1.165) is 16.4 Å². The molecule has 0 aromatic heterocycles. The van der Waals surface area contributed by atoms with Crippen molar-refractivity contribution in [2.45, 2.75) is 18.9 Å². The van der Waals surface area contributed by atoms with Crippen LogP contribution in [0, 0.1) is 3.57 Å². The second kappa shape index (κ2) is 8.57. The molecule has 1 fully saturated rings. The average Bonchev–Trinajstić information content (AvgIpc) is 2.57. The van der Waals surface area contributed by atoms with Gasteiger partial charge in [-0.3, -0.25) is 9.59 Å². The number of hydrogen-bond acceptors (Lipinski definition) is 4. The van der Waals surface area contributed by atoms with Gasteiger partial charge in [0.05, 0.1) is 17.3 Å². The van der Waals surface area contributed by atoms with Gasteiger partial charge in [0.25, 0.3) is 0 Å². The first-order valence-electron chi connectivity index (χ1n) is 7.53. The van der Waals surface area contributed by atoms with Gasteiger partial charge in [0.2, 0.25) is 11.8 Å². The van der Waals surface area contributed by atoms with Crippen molar-refractivity contribution in [1.29, 1.82) is 0 Å². The van der Waals surface area contributed by atoms with Gasteiger partial charge in [0.1, 0.15) is 5.75 Å². The van der Waals surface area contributed by atoms with Crippen LogP contribution in [0.25, 0.3) is 0 Å². The number of phenolic OH excluding ortho intramolecular Hbond substituents is 1. The van der Waals surface area contributed by atoms with Crippen molar-refractivity contribution in [3.63, 3.8) is 0 Å². The highest BCUT2D eigenvalue weighted by molar-refractivity contribution is 14.1. The zero-order valence-corrected chi connectivity index (χ0v) is 15.9. The lowest BCUT2D eigenvalue weighted by atomic mass is 10.0. The monoisotopic (exact) mass is 463 g/mol. The normalized spacial score (nSPS) is 15.0. The van der Waals surface area contributed by atoms with E-state index in [-0.39, 0.29) is 30.2 Å². The molecule has 3 N–H and O–H groups in total. The fourth-order valence-corrected chi connectivity index (χ4v) is 3.12. The first-order valence-corrected chi connectivity index (χ1v) is 8.99. The van der Waals surface area contributed by atoms with E-state index in [4.69, 9.17) is 11.6 Å². The minimum atomic E-state index is -0.186. The first-order chi connectivity index (χ1) is 11.4. The maximum Gasteiger partial charge on any atom is 0.243 e. The molecular formula is C16H19ClIN3O3. The number of benzene rings is 1. The molecule has 1 aromatic carbocycles. The van der Waals surface area contributed by atoms with Gasteiger partial charge in [-0.2, -0.15) is 0 Å². The van der Waals surface area contributed by atoms with Crippen molar-refractivity contribution in [3.8, 4) is 5.75 Å². The fourth-order valence-electron chi connectivity index (χ4n) is 2.49. The molecule has 1 aliphatic rings. The number of phenols is 1. The summed E-state index contributed by atoms with van der Waals surface area (Å²) in [4.78, 5) is 25.3. The first kappa shape index (κ1) is 18.9. The van der Waals surface area contributed by atoms with Crippen LogP contribution in [0.5, 0.6) is 5.75 Å². The minimum absolute atomic E-state index is 0.0130. The quantitative estimate of drug-likeness (QED) is 0.356. The molecule has 0 aliphatic carbocycles. The van der Waals surface area contributed by atoms with E-state index in [1.807, 2.05) is 0 Å². The SMILES string of the molecule is C=CC(=O)NC1CCN(C(=O)CNc2cc(I)c(Cl)cc2O)CC1. The molecule has 0 unspecified atom stereocenters. The lowest BCUT2D eigenvalue weighted by Crippen LogP contribution is -2.47. The van der Waals surface area contributed by atoms with E-state index >= 15 is 0 Å². The standard InChI is InChI=1S/C16H19ClIN3O3/c1-2-15(23)20-10-3-5-21(6-4-10)16(24)9-19-13-8-12(18)11(17)7-14(13)22/h2,7-8,10,19,22H,1,3-6,9H2,(H,20,23). The highest BCUT2D eigenvalue weighted by Crippen LogP contribution is 2.31. The molecule has 0 bridgehead atoms. The lowest BCUT2D eigenvalue weighted by molar-refractivity contribution is -0.130. The number of piperidine rings is 1. The van der Waals surface area contributed by atoms with Crippen LogP contribution in [0.4, 0.5) is 5.69 Å². The van der Waals surface area contributed by atoms with Crippen molar-refractivity contribution in [2.75, 3.05) is 25.0 Å². The number of carbonyl (C=O) groups excluding carboxylic acids is 2. The van der Waals surface area contributed by atoms with Gasteiger partial charge in [-0.05, 0) is 47.6 Å². The Morgan fingerprint density at radius 1 is 1.42 bits per heavy atom. The molecule has 0 saturated carbocycles. The highest BCUT2D eigenvalue weighted by Gasteiger charge is 2.23. The summed E-state index contributed by atoms with van der Waals surface area (Å²) < 4.78 is 0.792. The van der Waals surface area contributed by atoms with Crippen molar-refractivity contribution in [2.24, 2.45) is 0 Å². The zero-order chi connectivity index (χ0) is 17.7. The Morgan fingerprint density at radius 3 is 2.71 bits per heavy atom. The molecule has 1 aromatic rings. The Hall–Kier alpha value is -1.48. The van der Waals surface area contributed by atoms with E-state index in [0.29, 0.717) is 23.8 Å². The van der Waals surface area contributed by atoms with Gasteiger partial charge in [-0.25, -0.2) is 0 Å². The molecule has 0 atom stereocenters. The summed E-state index contributed by atoms with van der Waals surface area (Å²) in [5.41, 5.74) is 0.477. The van der Waals surface area contributed by atoms with Gasteiger partial charge in [0, 0.05) is 28.8 Å². The van der Waals surface area contributed by atoms with Crippen LogP contribution < -0.4 is 10.6 Å². The molecule has 8 heteroatoms. The van der Waals surface area contributed by atoms with Crippen LogP contribution in [0.3, 0.4) is 0 Å². The molecule has 6 nitrogen and oxygen atoms in total. The smallest absolute Gasteiger partial charge is 0.243 e. The van der Waals surface area contributed by atoms with Crippen LogP contribution >= 0.6 is 34.2 Å². The summed E-state index contributed by atoms with van der Waals surface area (Å²) in [5, 5.41) is 16.1. The summed E-state index contributed by atoms with van der Waals surface area (Å²) in [6, 6.07) is 3.22. The summed E-state index contributed by atoms with van der Waals surface area (Å²) >= 11 is 7.99. The molecular weight excluding hydrogens is 445 g/mol. The highest BCUT2D eigenvalue weighted by atomic mass is 127. The third-order valence-electron chi connectivity index (χ3n) is 3.85. The van der Waals surface area contributed by atoms with Gasteiger partial charge in [-0.15, -0.1) is 0 Å². The number of likely N-dealkylation sites (tertiary alicyclic amines) is 1. The van der Waals surface area contributed by atoms with E-state index in [1.165, 1.54) is 12.1 Å². The average molecular weight is 464 g/mol. The summed E-state index contributed by atoms with van der Waals surface area (Å²) in [6.45, 7) is 4.70. The number of halogens is 2.